The van der Waals surface area contributed by atoms with Gasteiger partial charge in [-0.25, -0.2) is 13.2 Å². The van der Waals surface area contributed by atoms with Gasteiger partial charge in [-0.1, -0.05) is 0 Å². The Kier molecular flexibility index (Phi) is 4.51. The van der Waals surface area contributed by atoms with Crippen LogP contribution in [0.15, 0.2) is 0 Å². The molecule has 0 bridgehead atoms. The van der Waals surface area contributed by atoms with Crippen LogP contribution in [0.25, 0.3) is 0 Å². The molecular formula is C8H16N2O5S. The molecule has 0 N–H and O–H groups in total. The number of piperazine rings is 1. The van der Waals surface area contributed by atoms with Crippen molar-refractivity contribution in [3.8, 4) is 0 Å². The highest BCUT2D eigenvalue weighted by atomic mass is 32.2. The number of ether oxygens (including phenoxy) is 2. The van der Waals surface area contributed by atoms with Crippen molar-refractivity contribution in [2.75, 3.05) is 46.3 Å². The fraction of sp³-hybridized carbons (Fsp3) is 0.875. The standard InChI is InChI=1S/C8H16N2O5S/c1-14-7-15-8(11)9-3-5-10(6-4-9)16(2,12)13/h3-7H2,1-2H3. The molecule has 0 saturated carbocycles. The molecule has 0 unspecified atom stereocenters. The highest BCUT2D eigenvalue weighted by molar-refractivity contribution is 7.88. The number of nitrogens with zero attached hydrogens (tertiary/aromatic N) is 2. The van der Waals surface area contributed by atoms with E-state index in [1.54, 1.807) is 0 Å². The lowest BCUT2D eigenvalue weighted by molar-refractivity contribution is -0.00760. The fourth-order valence-corrected chi connectivity index (χ4v) is 2.23. The summed E-state index contributed by atoms with van der Waals surface area (Å²) in [6, 6.07) is 0. The Hall–Kier alpha value is -0.860. The van der Waals surface area contributed by atoms with Gasteiger partial charge in [0.2, 0.25) is 10.0 Å². The molecule has 0 aliphatic carbocycles. The van der Waals surface area contributed by atoms with Gasteiger partial charge in [0.05, 0.1) is 6.26 Å². The van der Waals surface area contributed by atoms with Gasteiger partial charge >= 0.3 is 6.09 Å². The first-order valence-corrected chi connectivity index (χ1v) is 6.65. The Labute approximate surface area is 95.0 Å². The molecule has 0 aromatic heterocycles. The van der Waals surface area contributed by atoms with Crippen LogP contribution in [0, 0.1) is 0 Å². The molecule has 1 amide bonds. The molecule has 1 aliphatic heterocycles. The molecule has 7 nitrogen and oxygen atoms in total. The molecule has 1 heterocycles. The molecule has 1 rings (SSSR count). The number of rotatable bonds is 3. The van der Waals surface area contributed by atoms with Crippen LogP contribution in [0.5, 0.6) is 0 Å². The Morgan fingerprint density at radius 2 is 1.81 bits per heavy atom. The second-order valence-corrected chi connectivity index (χ2v) is 5.45. The molecule has 94 valence electrons. The maximum atomic E-state index is 11.4. The Morgan fingerprint density at radius 1 is 1.25 bits per heavy atom. The SMILES string of the molecule is COCOC(=O)N1CCN(S(C)(=O)=O)CC1. The van der Waals surface area contributed by atoms with E-state index in [9.17, 15) is 13.2 Å². The average molecular weight is 252 g/mol. The zero-order valence-corrected chi connectivity index (χ0v) is 10.2. The van der Waals surface area contributed by atoms with Crippen molar-refractivity contribution in [3.05, 3.63) is 0 Å². The van der Waals surface area contributed by atoms with Gasteiger partial charge in [0.15, 0.2) is 6.79 Å². The van der Waals surface area contributed by atoms with Gasteiger partial charge in [-0.05, 0) is 0 Å². The van der Waals surface area contributed by atoms with Gasteiger partial charge in [-0.15, -0.1) is 0 Å². The zero-order chi connectivity index (χ0) is 12.2. The van der Waals surface area contributed by atoms with Crippen LogP contribution < -0.4 is 0 Å². The van der Waals surface area contributed by atoms with Crippen LogP contribution in [0.4, 0.5) is 4.79 Å². The molecule has 0 spiro atoms. The lowest BCUT2D eigenvalue weighted by atomic mass is 10.4. The topological polar surface area (TPSA) is 76.2 Å². The van der Waals surface area contributed by atoms with Crippen LogP contribution in [0.2, 0.25) is 0 Å². The molecule has 1 aliphatic rings. The number of amides is 1. The van der Waals surface area contributed by atoms with E-state index in [4.69, 9.17) is 4.74 Å². The Morgan fingerprint density at radius 3 is 2.25 bits per heavy atom. The third-order valence-electron chi connectivity index (χ3n) is 2.27. The van der Waals surface area contributed by atoms with Crippen LogP contribution >= 0.6 is 0 Å². The van der Waals surface area contributed by atoms with E-state index in [1.165, 1.54) is 16.3 Å². The molecule has 1 saturated heterocycles. The number of hydrogen-bond donors (Lipinski definition) is 0. The van der Waals surface area contributed by atoms with Crippen molar-refractivity contribution in [2.24, 2.45) is 0 Å². The van der Waals surface area contributed by atoms with Gasteiger partial charge < -0.3 is 14.4 Å². The van der Waals surface area contributed by atoms with Crippen molar-refractivity contribution in [1.29, 1.82) is 0 Å². The molecule has 16 heavy (non-hydrogen) atoms. The average Bonchev–Trinajstić information content (AvgIpc) is 2.25. The second-order valence-electron chi connectivity index (χ2n) is 3.47. The van der Waals surface area contributed by atoms with Crippen LogP contribution in [0.3, 0.4) is 0 Å². The van der Waals surface area contributed by atoms with E-state index in [2.05, 4.69) is 4.74 Å². The number of sulfonamides is 1. The third kappa shape index (κ3) is 3.62. The molecule has 0 aromatic carbocycles. The van der Waals surface area contributed by atoms with Gasteiger partial charge in [0.25, 0.3) is 0 Å². The van der Waals surface area contributed by atoms with Gasteiger partial charge in [-0.3, -0.25) is 0 Å². The minimum absolute atomic E-state index is 0.0921. The quantitative estimate of drug-likeness (QED) is 0.621. The largest absolute Gasteiger partial charge is 0.422 e. The second kappa shape index (κ2) is 5.46. The van der Waals surface area contributed by atoms with Crippen LogP contribution in [-0.2, 0) is 19.5 Å². The van der Waals surface area contributed by atoms with Crippen LogP contribution in [0.1, 0.15) is 0 Å². The minimum atomic E-state index is -3.16. The summed E-state index contributed by atoms with van der Waals surface area (Å²) in [7, 11) is -1.74. The number of hydrogen-bond acceptors (Lipinski definition) is 5. The highest BCUT2D eigenvalue weighted by Gasteiger charge is 2.26. The van der Waals surface area contributed by atoms with Crippen molar-refractivity contribution in [2.45, 2.75) is 0 Å². The summed E-state index contributed by atoms with van der Waals surface area (Å²) >= 11 is 0. The molecular weight excluding hydrogens is 236 g/mol. The maximum absolute atomic E-state index is 11.4. The molecule has 1 fully saturated rings. The maximum Gasteiger partial charge on any atom is 0.411 e. The van der Waals surface area contributed by atoms with Crippen LogP contribution in [-0.4, -0.2) is 70.1 Å². The van der Waals surface area contributed by atoms with E-state index in [0.29, 0.717) is 26.2 Å². The zero-order valence-electron chi connectivity index (χ0n) is 9.38. The molecule has 8 heteroatoms. The first-order valence-electron chi connectivity index (χ1n) is 4.81. The summed E-state index contributed by atoms with van der Waals surface area (Å²) in [5, 5.41) is 0. The molecule has 0 aromatic rings. The van der Waals surface area contributed by atoms with Gasteiger partial charge in [0.1, 0.15) is 0 Å². The predicted molar refractivity (Wildman–Crippen MR) is 56.3 cm³/mol. The van der Waals surface area contributed by atoms with Gasteiger partial charge in [-0.2, -0.15) is 4.31 Å². The summed E-state index contributed by atoms with van der Waals surface area (Å²) in [5.41, 5.74) is 0. The fourth-order valence-electron chi connectivity index (χ4n) is 1.40. The van der Waals surface area contributed by atoms with Crippen molar-refractivity contribution < 1.29 is 22.7 Å². The summed E-state index contributed by atoms with van der Waals surface area (Å²) in [5.74, 6) is 0. The van der Waals surface area contributed by atoms with Crippen molar-refractivity contribution in [3.63, 3.8) is 0 Å². The third-order valence-corrected chi connectivity index (χ3v) is 3.57. The lowest BCUT2D eigenvalue weighted by Crippen LogP contribution is -2.50. The predicted octanol–water partition coefficient (Wildman–Crippen LogP) is -0.696. The van der Waals surface area contributed by atoms with E-state index in [1.807, 2.05) is 0 Å². The normalized spacial score (nSPS) is 18.5. The Balaban J connectivity index is 2.40. The van der Waals surface area contributed by atoms with E-state index in [0.717, 1.165) is 6.26 Å². The van der Waals surface area contributed by atoms with E-state index >= 15 is 0 Å². The van der Waals surface area contributed by atoms with E-state index < -0.39 is 16.1 Å². The first kappa shape index (κ1) is 13.2. The molecule has 0 radical (unpaired) electrons. The Bertz CT molecular complexity index is 334. The summed E-state index contributed by atoms with van der Waals surface area (Å²) in [4.78, 5) is 12.8. The van der Waals surface area contributed by atoms with Gasteiger partial charge in [0, 0.05) is 33.3 Å². The lowest BCUT2D eigenvalue weighted by Gasteiger charge is -2.32. The first-order chi connectivity index (χ1) is 7.45. The summed E-state index contributed by atoms with van der Waals surface area (Å²) in [6.45, 7) is 1.21. The van der Waals surface area contributed by atoms with Crippen molar-refractivity contribution >= 4 is 16.1 Å². The smallest absolute Gasteiger partial charge is 0.411 e. The highest BCUT2D eigenvalue weighted by Crippen LogP contribution is 2.07. The summed E-state index contributed by atoms with van der Waals surface area (Å²) < 4.78 is 33.1. The number of methoxy groups -OCH3 is 1. The monoisotopic (exact) mass is 252 g/mol. The number of carbonyl (C=O) groups excluding carboxylic acids is 1. The number of carbonyl (C=O) groups is 1. The van der Waals surface area contributed by atoms with Crippen molar-refractivity contribution in [1.82, 2.24) is 9.21 Å². The van der Waals surface area contributed by atoms with E-state index in [-0.39, 0.29) is 6.79 Å². The minimum Gasteiger partial charge on any atom is -0.422 e. The molecule has 0 atom stereocenters. The summed E-state index contributed by atoms with van der Waals surface area (Å²) in [6.07, 6.45) is 0.682.